The number of halogens is 2. The number of pyridine rings is 2. The third-order valence-electron chi connectivity index (χ3n) is 5.99. The minimum atomic E-state index is -0.916. The van der Waals surface area contributed by atoms with Crippen LogP contribution < -0.4 is 25.7 Å². The number of unbranched alkanes of at least 4 members (excludes halogenated alkanes) is 2. The van der Waals surface area contributed by atoms with Gasteiger partial charge in [0, 0.05) is 36.5 Å². The average Bonchev–Trinajstić information content (AvgIpc) is 3.42. The van der Waals surface area contributed by atoms with Crippen LogP contribution in [0.25, 0.3) is 10.9 Å². The molecule has 3 heterocycles. The molecule has 0 aliphatic heterocycles. The predicted octanol–water partition coefficient (Wildman–Crippen LogP) is 4.54. The van der Waals surface area contributed by atoms with E-state index in [4.69, 9.17) is 32.7 Å². The van der Waals surface area contributed by atoms with Gasteiger partial charge in [-0.3, -0.25) is 14.6 Å². The van der Waals surface area contributed by atoms with E-state index in [0.717, 1.165) is 12.8 Å². The van der Waals surface area contributed by atoms with E-state index < -0.39 is 12.0 Å². The maximum atomic E-state index is 12.5. The van der Waals surface area contributed by atoms with Gasteiger partial charge >= 0.3 is 5.97 Å². The Morgan fingerprint density at radius 2 is 1.97 bits per heavy atom. The van der Waals surface area contributed by atoms with E-state index in [1.165, 1.54) is 31.9 Å². The number of carboxylic acid groups (broad SMARTS) is 1. The van der Waals surface area contributed by atoms with Crippen molar-refractivity contribution in [1.82, 2.24) is 25.3 Å². The summed E-state index contributed by atoms with van der Waals surface area (Å²) in [6.45, 7) is 0.911. The normalized spacial score (nSPS) is 11.9. The molecule has 0 unspecified atom stereocenters. The molecule has 0 saturated carbocycles. The zero-order valence-corrected chi connectivity index (χ0v) is 22.6. The molecule has 5 N–H and O–H groups in total. The van der Waals surface area contributed by atoms with Gasteiger partial charge in [-0.25, -0.2) is 4.98 Å². The van der Waals surface area contributed by atoms with Crippen molar-refractivity contribution >= 4 is 51.4 Å². The topological polar surface area (TPSA) is 154 Å². The summed E-state index contributed by atoms with van der Waals surface area (Å²) in [4.78, 5) is 37.8. The van der Waals surface area contributed by atoms with E-state index in [-0.39, 0.29) is 5.56 Å². The summed E-state index contributed by atoms with van der Waals surface area (Å²) in [5, 5.41) is 16.9. The van der Waals surface area contributed by atoms with Crippen molar-refractivity contribution in [2.75, 3.05) is 25.6 Å². The number of aromatic nitrogens is 4. The summed E-state index contributed by atoms with van der Waals surface area (Å²) in [6, 6.07) is 4.26. The fourth-order valence-corrected chi connectivity index (χ4v) is 4.53. The third-order valence-corrected chi connectivity index (χ3v) is 6.57. The number of methoxy groups -OCH3 is 1. The molecule has 206 valence electrons. The fourth-order valence-electron chi connectivity index (χ4n) is 4.07. The zero-order valence-electron chi connectivity index (χ0n) is 21.1. The van der Waals surface area contributed by atoms with Crippen molar-refractivity contribution in [3.05, 3.63) is 69.2 Å². The van der Waals surface area contributed by atoms with E-state index in [9.17, 15) is 14.7 Å². The first kappa shape index (κ1) is 28.2. The molecule has 1 aromatic carbocycles. The van der Waals surface area contributed by atoms with Crippen molar-refractivity contribution < 1.29 is 19.4 Å². The Morgan fingerprint density at radius 1 is 1.18 bits per heavy atom. The summed E-state index contributed by atoms with van der Waals surface area (Å²) < 4.78 is 11.6. The number of rotatable bonds is 14. The highest BCUT2D eigenvalue weighted by atomic mass is 35.5. The number of carbonyl (C=O) groups is 1. The zero-order chi connectivity index (χ0) is 27.8. The van der Waals surface area contributed by atoms with Crippen molar-refractivity contribution in [2.45, 2.75) is 31.7 Å². The molecule has 0 spiro atoms. The smallest absolute Gasteiger partial charge is 0.321 e. The summed E-state index contributed by atoms with van der Waals surface area (Å²) in [5.74, 6) is -0.0361. The first-order valence-corrected chi connectivity index (χ1v) is 13.0. The largest absolute Gasteiger partial charge is 0.493 e. The molecule has 3 aromatic heterocycles. The Kier molecular flexibility index (Phi) is 9.64. The highest BCUT2D eigenvalue weighted by molar-refractivity contribution is 6.39. The van der Waals surface area contributed by atoms with Crippen LogP contribution in [0.15, 0.2) is 47.9 Å². The van der Waals surface area contributed by atoms with Crippen LogP contribution in [0.4, 0.5) is 11.4 Å². The van der Waals surface area contributed by atoms with Crippen LogP contribution in [0, 0.1) is 0 Å². The molecule has 0 saturated heterocycles. The van der Waals surface area contributed by atoms with Crippen molar-refractivity contribution in [3.63, 3.8) is 0 Å². The summed E-state index contributed by atoms with van der Waals surface area (Å²) in [5.41, 5.74) is 1.73. The van der Waals surface area contributed by atoms with Crippen LogP contribution in [-0.4, -0.2) is 57.3 Å². The number of aromatic amines is 2. The molecule has 4 aromatic rings. The molecule has 11 nitrogen and oxygen atoms in total. The van der Waals surface area contributed by atoms with Crippen LogP contribution >= 0.6 is 23.2 Å². The molecule has 0 amide bonds. The second kappa shape index (κ2) is 13.3. The molecule has 0 aliphatic carbocycles. The number of imidazole rings is 1. The number of H-pyrrole nitrogens is 2. The number of nitrogens with zero attached hydrogens (tertiary/aromatic N) is 2. The molecule has 0 fully saturated rings. The quantitative estimate of drug-likeness (QED) is 0.136. The Bertz CT molecular complexity index is 1460. The van der Waals surface area contributed by atoms with Gasteiger partial charge < -0.3 is 35.2 Å². The van der Waals surface area contributed by atoms with E-state index in [2.05, 4.69) is 30.6 Å². The molecular weight excluding hydrogens is 547 g/mol. The maximum Gasteiger partial charge on any atom is 0.321 e. The molecule has 39 heavy (non-hydrogen) atoms. The van der Waals surface area contributed by atoms with Gasteiger partial charge in [0.15, 0.2) is 11.5 Å². The lowest BCUT2D eigenvalue weighted by molar-refractivity contribution is -0.139. The molecule has 0 bridgehead atoms. The monoisotopic (exact) mass is 574 g/mol. The van der Waals surface area contributed by atoms with E-state index >= 15 is 0 Å². The van der Waals surface area contributed by atoms with E-state index in [1.54, 1.807) is 18.3 Å². The molecule has 13 heteroatoms. The molecule has 4 rings (SSSR count). The Balaban J connectivity index is 1.39. The SMILES string of the molecule is COc1ccc2c(Nc3c(Cl)cncc3Cl)cc(=O)[nH]c2c1OCCCCCN[C@@H](Cc1c[nH]cn1)C(=O)O. The van der Waals surface area contributed by atoms with Gasteiger partial charge in [0.25, 0.3) is 5.56 Å². The van der Waals surface area contributed by atoms with E-state index in [0.29, 0.717) is 75.5 Å². The second-order valence-corrected chi connectivity index (χ2v) is 9.50. The number of ether oxygens (including phenoxy) is 2. The summed E-state index contributed by atoms with van der Waals surface area (Å²) in [6.07, 6.45) is 8.71. The van der Waals surface area contributed by atoms with Crippen LogP contribution in [0.2, 0.25) is 10.0 Å². The second-order valence-electron chi connectivity index (χ2n) is 8.69. The number of aliphatic carboxylic acids is 1. The predicted molar refractivity (Wildman–Crippen MR) is 150 cm³/mol. The minimum absolute atomic E-state index is 0.303. The number of benzene rings is 1. The summed E-state index contributed by atoms with van der Waals surface area (Å²) in [7, 11) is 1.53. The standard InChI is InChI=1S/C26H28Cl2N6O5/c1-38-21-6-5-16-19(33-24-17(27)12-29-13-18(24)28)10-22(35)34-23(16)25(21)39-8-4-2-3-7-31-20(26(36)37)9-15-11-30-14-32-15/h5-6,10-14,20,31H,2-4,7-9H2,1H3,(H,30,32)(H,36,37)(H2,29,33,34,35)/t20-/m0/s1. The van der Waals surface area contributed by atoms with Crippen molar-refractivity contribution in [2.24, 2.45) is 0 Å². The van der Waals surface area contributed by atoms with Gasteiger partial charge in [-0.15, -0.1) is 0 Å². The van der Waals surface area contributed by atoms with Gasteiger partial charge in [-0.1, -0.05) is 23.2 Å². The Hall–Kier alpha value is -3.80. The molecule has 0 aliphatic rings. The lowest BCUT2D eigenvalue weighted by Crippen LogP contribution is -2.39. The lowest BCUT2D eigenvalue weighted by Gasteiger charge is -2.16. The molecular formula is C26H28Cl2N6O5. The number of anilines is 2. The highest BCUT2D eigenvalue weighted by Crippen LogP contribution is 2.39. The van der Waals surface area contributed by atoms with Crippen LogP contribution in [-0.2, 0) is 11.2 Å². The van der Waals surface area contributed by atoms with Gasteiger partial charge in [-0.2, -0.15) is 0 Å². The Morgan fingerprint density at radius 3 is 2.67 bits per heavy atom. The number of hydrogen-bond acceptors (Lipinski definition) is 8. The number of fused-ring (bicyclic) bond motifs is 1. The van der Waals surface area contributed by atoms with Gasteiger partial charge in [0.05, 0.1) is 52.7 Å². The fraction of sp³-hybridized carbons (Fsp3) is 0.308. The van der Waals surface area contributed by atoms with Crippen molar-refractivity contribution in [3.8, 4) is 11.5 Å². The van der Waals surface area contributed by atoms with Crippen LogP contribution in [0.3, 0.4) is 0 Å². The molecule has 0 radical (unpaired) electrons. The third kappa shape index (κ3) is 7.20. The van der Waals surface area contributed by atoms with E-state index in [1.807, 2.05) is 0 Å². The Labute approximate surface area is 233 Å². The lowest BCUT2D eigenvalue weighted by atomic mass is 10.1. The van der Waals surface area contributed by atoms with Crippen LogP contribution in [0.5, 0.6) is 11.5 Å². The first-order chi connectivity index (χ1) is 18.9. The van der Waals surface area contributed by atoms with Crippen LogP contribution in [0.1, 0.15) is 25.0 Å². The van der Waals surface area contributed by atoms with Gasteiger partial charge in [0.2, 0.25) is 0 Å². The van der Waals surface area contributed by atoms with Gasteiger partial charge in [-0.05, 0) is 37.9 Å². The maximum absolute atomic E-state index is 12.5. The average molecular weight is 575 g/mol. The summed E-state index contributed by atoms with van der Waals surface area (Å²) >= 11 is 12.5. The first-order valence-electron chi connectivity index (χ1n) is 12.2. The van der Waals surface area contributed by atoms with Crippen molar-refractivity contribution in [1.29, 1.82) is 0 Å². The number of hydrogen-bond donors (Lipinski definition) is 5. The number of carboxylic acids is 1. The highest BCUT2D eigenvalue weighted by Gasteiger charge is 2.18. The number of nitrogens with one attached hydrogen (secondary N) is 4. The minimum Gasteiger partial charge on any atom is -0.493 e. The molecule has 1 atom stereocenters. The van der Waals surface area contributed by atoms with Gasteiger partial charge in [0.1, 0.15) is 6.04 Å².